The summed E-state index contributed by atoms with van der Waals surface area (Å²) >= 11 is 0. The Hall–Kier alpha value is -1.68. The molecule has 1 heterocycles. The van der Waals surface area contributed by atoms with Crippen LogP contribution in [0.2, 0.25) is 0 Å². The fraction of sp³-hybridized carbons (Fsp3) is 0.500. The van der Waals surface area contributed by atoms with Gasteiger partial charge in [-0.15, -0.1) is 0 Å². The number of hydrogen-bond acceptors (Lipinski definition) is 3. The molecule has 1 aliphatic heterocycles. The van der Waals surface area contributed by atoms with E-state index in [2.05, 4.69) is 0 Å². The van der Waals surface area contributed by atoms with E-state index in [1.54, 1.807) is 0 Å². The summed E-state index contributed by atoms with van der Waals surface area (Å²) in [7, 11) is 0. The van der Waals surface area contributed by atoms with Crippen molar-refractivity contribution in [3.05, 3.63) is 35.9 Å². The Balaban J connectivity index is 1.71. The number of rotatable bonds is 6. The summed E-state index contributed by atoms with van der Waals surface area (Å²) in [5.41, 5.74) is 6.34. The first-order chi connectivity index (χ1) is 9.70. The standard InChI is InChI=1S/C16H22N2O2/c17-11-13-9-10-18(12-13)16(20)8-4-7-15(19)14-5-2-1-3-6-14/h1-3,5-6,13H,4,7-12,17H2. The van der Waals surface area contributed by atoms with E-state index >= 15 is 0 Å². The number of nitrogens with two attached hydrogens (primary N) is 1. The molecule has 4 nitrogen and oxygen atoms in total. The molecule has 108 valence electrons. The van der Waals surface area contributed by atoms with Gasteiger partial charge in [-0.25, -0.2) is 0 Å². The third-order valence-electron chi connectivity index (χ3n) is 3.86. The lowest BCUT2D eigenvalue weighted by Crippen LogP contribution is -2.29. The molecule has 0 saturated carbocycles. The number of amides is 1. The number of Topliss-reactive ketones (excluding diaryl/α,β-unsaturated/α-hetero) is 1. The Bertz CT molecular complexity index is 459. The van der Waals surface area contributed by atoms with Crippen LogP contribution in [0.3, 0.4) is 0 Å². The van der Waals surface area contributed by atoms with Crippen LogP contribution in [0, 0.1) is 5.92 Å². The van der Waals surface area contributed by atoms with E-state index in [1.165, 1.54) is 0 Å². The molecule has 0 bridgehead atoms. The first-order valence-corrected chi connectivity index (χ1v) is 7.27. The second-order valence-corrected chi connectivity index (χ2v) is 5.37. The fourth-order valence-corrected chi connectivity index (χ4v) is 2.58. The van der Waals surface area contributed by atoms with Crippen molar-refractivity contribution in [1.29, 1.82) is 0 Å². The van der Waals surface area contributed by atoms with Gasteiger partial charge in [-0.3, -0.25) is 9.59 Å². The van der Waals surface area contributed by atoms with E-state index in [-0.39, 0.29) is 11.7 Å². The molecule has 2 rings (SSSR count). The maximum atomic E-state index is 12.0. The Kier molecular flexibility index (Phi) is 5.30. The third-order valence-corrected chi connectivity index (χ3v) is 3.86. The van der Waals surface area contributed by atoms with Crippen molar-refractivity contribution in [2.45, 2.75) is 25.7 Å². The van der Waals surface area contributed by atoms with Gasteiger partial charge in [0, 0.05) is 31.5 Å². The normalized spacial score (nSPS) is 18.2. The van der Waals surface area contributed by atoms with Crippen molar-refractivity contribution in [3.63, 3.8) is 0 Å². The van der Waals surface area contributed by atoms with Gasteiger partial charge in [0.1, 0.15) is 0 Å². The molecule has 20 heavy (non-hydrogen) atoms. The van der Waals surface area contributed by atoms with Crippen molar-refractivity contribution in [2.24, 2.45) is 11.7 Å². The second-order valence-electron chi connectivity index (χ2n) is 5.37. The van der Waals surface area contributed by atoms with Gasteiger partial charge in [-0.1, -0.05) is 30.3 Å². The van der Waals surface area contributed by atoms with Crippen LogP contribution in [0.15, 0.2) is 30.3 Å². The quantitative estimate of drug-likeness (QED) is 0.805. The molecule has 1 amide bonds. The molecule has 0 aromatic heterocycles. The van der Waals surface area contributed by atoms with E-state index < -0.39 is 0 Å². The summed E-state index contributed by atoms with van der Waals surface area (Å²) in [4.78, 5) is 25.8. The van der Waals surface area contributed by atoms with Crippen molar-refractivity contribution in [3.8, 4) is 0 Å². The van der Waals surface area contributed by atoms with Gasteiger partial charge >= 0.3 is 0 Å². The summed E-state index contributed by atoms with van der Waals surface area (Å²) in [5, 5.41) is 0. The smallest absolute Gasteiger partial charge is 0.222 e. The molecule has 0 spiro atoms. The van der Waals surface area contributed by atoms with Crippen LogP contribution >= 0.6 is 0 Å². The van der Waals surface area contributed by atoms with E-state index in [4.69, 9.17) is 5.73 Å². The monoisotopic (exact) mass is 274 g/mol. The highest BCUT2D eigenvalue weighted by Crippen LogP contribution is 2.16. The van der Waals surface area contributed by atoms with Crippen molar-refractivity contribution < 1.29 is 9.59 Å². The van der Waals surface area contributed by atoms with Crippen LogP contribution in [0.4, 0.5) is 0 Å². The van der Waals surface area contributed by atoms with Crippen molar-refractivity contribution in [1.82, 2.24) is 4.90 Å². The lowest BCUT2D eigenvalue weighted by atomic mass is 10.1. The predicted octanol–water partition coefficient (Wildman–Crippen LogP) is 1.85. The van der Waals surface area contributed by atoms with Gasteiger partial charge in [0.2, 0.25) is 5.91 Å². The first-order valence-electron chi connectivity index (χ1n) is 7.27. The Morgan fingerprint density at radius 2 is 1.95 bits per heavy atom. The topological polar surface area (TPSA) is 63.4 Å². The number of ketones is 1. The molecule has 1 aliphatic rings. The number of nitrogens with zero attached hydrogens (tertiary/aromatic N) is 1. The summed E-state index contributed by atoms with van der Waals surface area (Å²) in [6, 6.07) is 9.24. The van der Waals surface area contributed by atoms with Crippen LogP contribution in [-0.2, 0) is 4.79 Å². The van der Waals surface area contributed by atoms with Crippen LogP contribution < -0.4 is 5.73 Å². The maximum Gasteiger partial charge on any atom is 0.222 e. The van der Waals surface area contributed by atoms with Crippen LogP contribution in [0.25, 0.3) is 0 Å². The second kappa shape index (κ2) is 7.20. The molecular formula is C16H22N2O2. The Morgan fingerprint density at radius 1 is 1.20 bits per heavy atom. The molecule has 1 aromatic carbocycles. The summed E-state index contributed by atoms with van der Waals surface area (Å²) in [6.45, 7) is 2.24. The fourth-order valence-electron chi connectivity index (χ4n) is 2.58. The molecule has 1 unspecified atom stereocenters. The highest BCUT2D eigenvalue weighted by molar-refractivity contribution is 5.96. The minimum Gasteiger partial charge on any atom is -0.342 e. The molecule has 4 heteroatoms. The minimum atomic E-state index is 0.111. The van der Waals surface area contributed by atoms with E-state index in [1.807, 2.05) is 35.2 Å². The van der Waals surface area contributed by atoms with Crippen molar-refractivity contribution >= 4 is 11.7 Å². The molecule has 1 saturated heterocycles. The maximum absolute atomic E-state index is 12.0. The van der Waals surface area contributed by atoms with E-state index in [0.29, 0.717) is 31.7 Å². The molecule has 2 N–H and O–H groups in total. The number of likely N-dealkylation sites (tertiary alicyclic amines) is 1. The molecule has 0 aliphatic carbocycles. The molecular weight excluding hydrogens is 252 g/mol. The number of carbonyl (C=O) groups excluding carboxylic acids is 2. The van der Waals surface area contributed by atoms with Crippen LogP contribution in [0.5, 0.6) is 0 Å². The van der Waals surface area contributed by atoms with E-state index in [0.717, 1.165) is 25.1 Å². The Morgan fingerprint density at radius 3 is 2.60 bits per heavy atom. The summed E-state index contributed by atoms with van der Waals surface area (Å²) in [5.74, 6) is 0.714. The third kappa shape index (κ3) is 3.90. The average Bonchev–Trinajstić information content (AvgIpc) is 2.97. The van der Waals surface area contributed by atoms with Gasteiger partial charge in [0.15, 0.2) is 5.78 Å². The van der Waals surface area contributed by atoms with Gasteiger partial charge in [0.25, 0.3) is 0 Å². The number of benzene rings is 1. The van der Waals surface area contributed by atoms with Gasteiger partial charge in [-0.2, -0.15) is 0 Å². The highest BCUT2D eigenvalue weighted by Gasteiger charge is 2.24. The summed E-state index contributed by atoms with van der Waals surface area (Å²) < 4.78 is 0. The lowest BCUT2D eigenvalue weighted by molar-refractivity contribution is -0.130. The number of hydrogen-bond donors (Lipinski definition) is 1. The summed E-state index contributed by atoms with van der Waals surface area (Å²) in [6.07, 6.45) is 2.52. The van der Waals surface area contributed by atoms with Gasteiger partial charge < -0.3 is 10.6 Å². The minimum absolute atomic E-state index is 0.111. The van der Waals surface area contributed by atoms with E-state index in [9.17, 15) is 9.59 Å². The first kappa shape index (κ1) is 14.7. The number of carbonyl (C=O) groups is 2. The van der Waals surface area contributed by atoms with Crippen molar-refractivity contribution in [2.75, 3.05) is 19.6 Å². The largest absolute Gasteiger partial charge is 0.342 e. The molecule has 1 aromatic rings. The Labute approximate surface area is 119 Å². The molecule has 0 radical (unpaired) electrons. The highest BCUT2D eigenvalue weighted by atomic mass is 16.2. The zero-order valence-corrected chi connectivity index (χ0v) is 11.8. The molecule has 1 fully saturated rings. The zero-order chi connectivity index (χ0) is 14.4. The van der Waals surface area contributed by atoms with Gasteiger partial charge in [0.05, 0.1) is 0 Å². The van der Waals surface area contributed by atoms with Crippen LogP contribution in [0.1, 0.15) is 36.0 Å². The lowest BCUT2D eigenvalue weighted by Gasteiger charge is -2.16. The zero-order valence-electron chi connectivity index (χ0n) is 11.8. The predicted molar refractivity (Wildman–Crippen MR) is 78.4 cm³/mol. The average molecular weight is 274 g/mol. The SMILES string of the molecule is NCC1CCN(C(=O)CCCC(=O)c2ccccc2)C1. The van der Waals surface area contributed by atoms with Gasteiger partial charge in [-0.05, 0) is 25.3 Å². The van der Waals surface area contributed by atoms with Crippen LogP contribution in [-0.4, -0.2) is 36.2 Å². The molecule has 1 atom stereocenters.